The van der Waals surface area contributed by atoms with Gasteiger partial charge in [0.2, 0.25) is 0 Å². The van der Waals surface area contributed by atoms with Crippen LogP contribution in [-0.4, -0.2) is 11.4 Å². The molecule has 2 aromatic carbocycles. The molecule has 0 amide bonds. The summed E-state index contributed by atoms with van der Waals surface area (Å²) in [6, 6.07) is 9.05. The Morgan fingerprint density at radius 2 is 1.77 bits per heavy atom. The molecule has 4 heteroatoms. The van der Waals surface area contributed by atoms with Crippen LogP contribution < -0.4 is 9.47 Å². The molecule has 1 atom stereocenters. The lowest BCUT2D eigenvalue weighted by Crippen LogP contribution is -2.11. The summed E-state index contributed by atoms with van der Waals surface area (Å²) in [5, 5.41) is 0. The van der Waals surface area contributed by atoms with Crippen LogP contribution in [-0.2, 0) is 0 Å². The molecule has 0 N–H and O–H groups in total. The molecular weight excluding hydrogens is 296 g/mol. The number of thioether (sulfide) groups is 1. The van der Waals surface area contributed by atoms with E-state index in [-0.39, 0.29) is 11.4 Å². The molecule has 0 aliphatic carbocycles. The molecule has 0 fully saturated rings. The van der Waals surface area contributed by atoms with Gasteiger partial charge in [-0.25, -0.2) is 4.79 Å². The first-order chi connectivity index (χ1) is 10.5. The number of hydrogen-bond donors (Lipinski definition) is 0. The third-order valence-corrected chi connectivity index (χ3v) is 5.06. The fourth-order valence-corrected chi connectivity index (χ4v) is 3.64. The van der Waals surface area contributed by atoms with Crippen LogP contribution in [0, 0.1) is 20.8 Å². The summed E-state index contributed by atoms with van der Waals surface area (Å²) < 4.78 is 11.6. The molecule has 0 bridgehead atoms. The molecule has 22 heavy (non-hydrogen) atoms. The van der Waals surface area contributed by atoms with E-state index >= 15 is 0 Å². The summed E-state index contributed by atoms with van der Waals surface area (Å²) >= 11 is 1.66. The van der Waals surface area contributed by atoms with Crippen molar-refractivity contribution in [2.75, 3.05) is 0 Å². The Kier molecular flexibility index (Phi) is 3.87. The second-order valence-corrected chi connectivity index (χ2v) is 6.73. The predicted octanol–water partition coefficient (Wildman–Crippen LogP) is 4.66. The quantitative estimate of drug-likeness (QED) is 0.596. The largest absolute Gasteiger partial charge is 0.478 e. The van der Waals surface area contributed by atoms with E-state index < -0.39 is 0 Å². The number of benzene rings is 2. The van der Waals surface area contributed by atoms with Crippen LogP contribution in [0.2, 0.25) is 0 Å². The molecule has 0 saturated carbocycles. The monoisotopic (exact) mass is 314 g/mol. The van der Waals surface area contributed by atoms with Gasteiger partial charge < -0.3 is 9.47 Å². The highest BCUT2D eigenvalue weighted by atomic mass is 32.2. The molecule has 114 valence electrons. The predicted molar refractivity (Wildman–Crippen MR) is 88.0 cm³/mol. The molecule has 0 aromatic heterocycles. The van der Waals surface area contributed by atoms with E-state index in [0.29, 0.717) is 11.3 Å². The smallest absolute Gasteiger partial charge is 0.343 e. The van der Waals surface area contributed by atoms with Crippen LogP contribution in [0.3, 0.4) is 0 Å². The lowest BCUT2D eigenvalue weighted by atomic mass is 10.0. The fourth-order valence-electron chi connectivity index (χ4n) is 2.58. The molecule has 1 aliphatic rings. The Labute approximate surface area is 134 Å². The van der Waals surface area contributed by atoms with Crippen molar-refractivity contribution in [2.45, 2.75) is 38.0 Å². The molecule has 3 rings (SSSR count). The average molecular weight is 314 g/mol. The summed E-state index contributed by atoms with van der Waals surface area (Å²) in [5.41, 5.74) is 3.60. The second-order valence-electron chi connectivity index (χ2n) is 5.42. The van der Waals surface area contributed by atoms with E-state index in [1.165, 1.54) is 0 Å². The Balaban J connectivity index is 2.00. The van der Waals surface area contributed by atoms with E-state index in [0.717, 1.165) is 27.3 Å². The van der Waals surface area contributed by atoms with Crippen molar-refractivity contribution < 1.29 is 14.3 Å². The second kappa shape index (κ2) is 5.69. The lowest BCUT2D eigenvalue weighted by molar-refractivity contribution is 0.0731. The Hall–Kier alpha value is -1.94. The molecule has 1 unspecified atom stereocenters. The van der Waals surface area contributed by atoms with Gasteiger partial charge in [-0.1, -0.05) is 30.0 Å². The van der Waals surface area contributed by atoms with Gasteiger partial charge in [0.25, 0.3) is 0 Å². The Morgan fingerprint density at radius 1 is 1.09 bits per heavy atom. The van der Waals surface area contributed by atoms with E-state index in [1.807, 2.05) is 45.9 Å². The number of esters is 1. The number of carbonyl (C=O) groups is 1. The van der Waals surface area contributed by atoms with Gasteiger partial charge in [-0.3, -0.25) is 0 Å². The van der Waals surface area contributed by atoms with Gasteiger partial charge >= 0.3 is 5.97 Å². The highest BCUT2D eigenvalue weighted by Crippen LogP contribution is 2.49. The summed E-state index contributed by atoms with van der Waals surface area (Å²) in [6.45, 7) is 7.97. The molecule has 1 heterocycles. The summed E-state index contributed by atoms with van der Waals surface area (Å²) in [6.07, 6.45) is 0. The lowest BCUT2D eigenvalue weighted by Gasteiger charge is -2.16. The van der Waals surface area contributed by atoms with E-state index in [1.54, 1.807) is 23.9 Å². The minimum atomic E-state index is -0.330. The van der Waals surface area contributed by atoms with Gasteiger partial charge in [0.05, 0.1) is 10.5 Å². The van der Waals surface area contributed by atoms with Gasteiger partial charge in [-0.15, -0.1) is 0 Å². The highest BCUT2D eigenvalue weighted by molar-refractivity contribution is 8.00. The first-order valence-corrected chi connectivity index (χ1v) is 8.11. The number of carbonyl (C=O) groups excluding carboxylic acids is 1. The number of fused-ring (bicyclic) bond motifs is 1. The normalized spacial score (nSPS) is 16.1. The zero-order valence-corrected chi connectivity index (χ0v) is 13.9. The van der Waals surface area contributed by atoms with Crippen molar-refractivity contribution in [3.05, 3.63) is 52.6 Å². The topological polar surface area (TPSA) is 35.5 Å². The van der Waals surface area contributed by atoms with Crippen molar-refractivity contribution in [2.24, 2.45) is 0 Å². The van der Waals surface area contributed by atoms with Crippen molar-refractivity contribution >= 4 is 17.7 Å². The van der Waals surface area contributed by atoms with Gasteiger partial charge in [0.15, 0.2) is 0 Å². The van der Waals surface area contributed by atoms with Crippen molar-refractivity contribution in [3.8, 4) is 11.5 Å². The molecule has 3 nitrogen and oxygen atoms in total. The van der Waals surface area contributed by atoms with Crippen LogP contribution >= 0.6 is 11.8 Å². The maximum atomic E-state index is 12.3. The first-order valence-electron chi connectivity index (χ1n) is 7.23. The Morgan fingerprint density at radius 3 is 2.45 bits per heavy atom. The van der Waals surface area contributed by atoms with Crippen LogP contribution in [0.25, 0.3) is 0 Å². The van der Waals surface area contributed by atoms with Gasteiger partial charge in [-0.05, 0) is 51.0 Å². The van der Waals surface area contributed by atoms with E-state index in [9.17, 15) is 4.79 Å². The zero-order valence-electron chi connectivity index (χ0n) is 13.1. The van der Waals surface area contributed by atoms with Gasteiger partial charge in [-0.2, -0.15) is 0 Å². The van der Waals surface area contributed by atoms with Crippen LogP contribution in [0.5, 0.6) is 11.5 Å². The van der Waals surface area contributed by atoms with Crippen molar-refractivity contribution in [1.29, 1.82) is 0 Å². The average Bonchev–Trinajstić information content (AvgIpc) is 2.92. The van der Waals surface area contributed by atoms with Gasteiger partial charge in [0.1, 0.15) is 16.9 Å². The van der Waals surface area contributed by atoms with E-state index in [4.69, 9.17) is 9.47 Å². The van der Waals surface area contributed by atoms with Crippen molar-refractivity contribution in [1.82, 2.24) is 0 Å². The van der Waals surface area contributed by atoms with Crippen LogP contribution in [0.1, 0.15) is 34.0 Å². The van der Waals surface area contributed by atoms with Crippen LogP contribution in [0.4, 0.5) is 0 Å². The van der Waals surface area contributed by atoms with Crippen LogP contribution in [0.15, 0.2) is 35.2 Å². The highest BCUT2D eigenvalue weighted by Gasteiger charge is 2.28. The number of hydrogen-bond acceptors (Lipinski definition) is 4. The number of rotatable bonds is 2. The molecule has 1 aliphatic heterocycles. The standard InChI is InChI=1S/C18H18O3S/c1-10-11(2)16-17(22-13(4)20-16)12(3)15(10)21-18(19)14-8-6-5-7-9-14/h5-9,13H,1-4H3. The molecule has 0 radical (unpaired) electrons. The third-order valence-electron chi connectivity index (χ3n) is 3.90. The maximum absolute atomic E-state index is 12.3. The fraction of sp³-hybridized carbons (Fsp3) is 0.278. The summed E-state index contributed by atoms with van der Waals surface area (Å²) in [7, 11) is 0. The minimum absolute atomic E-state index is 0.0897. The third kappa shape index (κ3) is 2.48. The summed E-state index contributed by atoms with van der Waals surface area (Å²) in [5.74, 6) is 1.24. The van der Waals surface area contributed by atoms with Crippen molar-refractivity contribution in [3.63, 3.8) is 0 Å². The Bertz CT molecular complexity index is 738. The first kappa shape index (κ1) is 15.0. The molecular formula is C18H18O3S. The molecule has 0 spiro atoms. The SMILES string of the molecule is Cc1c(C)c2c(c(C)c1OC(=O)c1ccccc1)SC(C)O2. The number of ether oxygens (including phenoxy) is 2. The van der Waals surface area contributed by atoms with E-state index in [2.05, 4.69) is 0 Å². The molecule has 2 aromatic rings. The maximum Gasteiger partial charge on any atom is 0.343 e. The minimum Gasteiger partial charge on any atom is -0.478 e. The summed E-state index contributed by atoms with van der Waals surface area (Å²) in [4.78, 5) is 13.4. The zero-order chi connectivity index (χ0) is 15.9. The molecule has 0 saturated heterocycles. The van der Waals surface area contributed by atoms with Gasteiger partial charge in [0, 0.05) is 5.56 Å².